The molecule has 0 aliphatic carbocycles. The Hall–Kier alpha value is -7.96. The molecule has 0 bridgehead atoms. The molecule has 0 radical (unpaired) electrons. The number of hydrogen-bond acceptors (Lipinski definition) is 9. The quantitative estimate of drug-likeness (QED) is 0.0189. The largest absolute Gasteiger partial charge is 0.466 e. The van der Waals surface area contributed by atoms with Gasteiger partial charge in [-0.25, -0.2) is 4.79 Å². The lowest BCUT2D eigenvalue weighted by atomic mass is 9.98. The van der Waals surface area contributed by atoms with Crippen LogP contribution in [0, 0.1) is 12.8 Å². The van der Waals surface area contributed by atoms with Crippen LogP contribution in [0.3, 0.4) is 0 Å². The van der Waals surface area contributed by atoms with Crippen LogP contribution >= 0.6 is 28.1 Å². The summed E-state index contributed by atoms with van der Waals surface area (Å²) in [6, 6.07) is 62.4. The molecule has 2 fully saturated rings. The molecular weight excluding hydrogens is 1120 g/mol. The van der Waals surface area contributed by atoms with Crippen molar-refractivity contribution in [1.29, 1.82) is 0 Å². The van der Waals surface area contributed by atoms with Crippen molar-refractivity contribution in [2.24, 2.45) is 5.92 Å². The van der Waals surface area contributed by atoms with Gasteiger partial charge < -0.3 is 43.3 Å². The summed E-state index contributed by atoms with van der Waals surface area (Å²) in [7, 11) is -4.58. The summed E-state index contributed by atoms with van der Waals surface area (Å²) in [5, 5.41) is 7.32. The zero-order valence-electron chi connectivity index (χ0n) is 47.5. The van der Waals surface area contributed by atoms with Gasteiger partial charge in [0.25, 0.3) is 7.44 Å². The number of rotatable bonds is 20. The number of thiocarbonyl (C=S) groups is 1. The van der Waals surface area contributed by atoms with E-state index in [0.29, 0.717) is 62.1 Å². The van der Waals surface area contributed by atoms with Crippen molar-refractivity contribution in [2.75, 3.05) is 71.2 Å². The highest BCUT2D eigenvalue weighted by Gasteiger charge is 2.49. The number of carbonyl (C=O) groups is 2. The van der Waals surface area contributed by atoms with E-state index in [-0.39, 0.29) is 24.3 Å². The van der Waals surface area contributed by atoms with Gasteiger partial charge in [0.1, 0.15) is 0 Å². The topological polar surface area (TPSA) is 116 Å². The second-order valence-electron chi connectivity index (χ2n) is 19.3. The van der Waals surface area contributed by atoms with Crippen LogP contribution in [-0.2, 0) is 53.7 Å². The molecule has 2 aliphatic heterocycles. The Balaban J connectivity index is 0.000000194. The van der Waals surface area contributed by atoms with Gasteiger partial charge in [-0.1, -0.05) is 158 Å². The third-order valence-electron chi connectivity index (χ3n) is 13.5. The molecule has 9 rings (SSSR count). The third kappa shape index (κ3) is 17.5. The summed E-state index contributed by atoms with van der Waals surface area (Å²) < 4.78 is 79.2. The lowest BCUT2D eigenvalue weighted by molar-refractivity contribution is -0.146. The second kappa shape index (κ2) is 31.6. The Labute approximate surface area is 498 Å². The molecule has 7 aromatic rings. The van der Waals surface area contributed by atoms with Crippen LogP contribution in [0.5, 0.6) is 0 Å². The van der Waals surface area contributed by atoms with Gasteiger partial charge in [-0.15, -0.1) is 5.73 Å². The fraction of sp³-hybridized carbons (Fsp3) is 0.242. The van der Waals surface area contributed by atoms with Crippen molar-refractivity contribution in [3.05, 3.63) is 258 Å². The number of aryl methyl sites for hydroxylation is 1. The van der Waals surface area contributed by atoms with Crippen molar-refractivity contribution in [1.82, 2.24) is 10.6 Å². The van der Waals surface area contributed by atoms with Crippen LogP contribution in [0.4, 0.5) is 35.9 Å². The Morgan fingerprint density at radius 2 is 1.11 bits per heavy atom. The third-order valence-corrected chi connectivity index (χ3v) is 19.1. The maximum absolute atomic E-state index is 15.1. The molecule has 0 amide bonds. The van der Waals surface area contributed by atoms with Gasteiger partial charge in [0.2, 0.25) is 8.45 Å². The first-order valence-electron chi connectivity index (χ1n) is 27.7. The molecule has 12 nitrogen and oxygen atoms in total. The fourth-order valence-corrected chi connectivity index (χ4v) is 14.5. The molecule has 0 saturated carbocycles. The lowest BCUT2D eigenvalue weighted by Crippen LogP contribution is -2.36. The summed E-state index contributed by atoms with van der Waals surface area (Å²) in [4.78, 5) is 24.7. The van der Waals surface area contributed by atoms with Gasteiger partial charge >= 0.3 is 18.1 Å². The average Bonchev–Trinajstić information content (AvgIpc) is 2.35. The van der Waals surface area contributed by atoms with E-state index in [1.165, 1.54) is 34.6 Å². The molecule has 1 unspecified atom stereocenters. The van der Waals surface area contributed by atoms with E-state index in [0.717, 1.165) is 42.2 Å². The number of esters is 2. The molecular formula is C66H71F3N6O6P2S. The molecule has 18 heteroatoms. The molecule has 2 saturated heterocycles. The number of hydrogen-bond donors (Lipinski definition) is 2. The van der Waals surface area contributed by atoms with Gasteiger partial charge in [-0.05, 0) is 117 Å². The minimum absolute atomic E-state index is 0.00501. The average molecular weight is 1200 g/mol. The van der Waals surface area contributed by atoms with E-state index >= 15 is 4.57 Å². The van der Waals surface area contributed by atoms with Crippen molar-refractivity contribution in [3.63, 3.8) is 0 Å². The number of nitrogens with zero attached hydrogens (tertiary/aromatic N) is 4. The van der Waals surface area contributed by atoms with Crippen LogP contribution in [-0.4, -0.2) is 69.6 Å². The van der Waals surface area contributed by atoms with Gasteiger partial charge in [0.05, 0.1) is 36.9 Å². The Morgan fingerprint density at radius 1 is 0.643 bits per heavy atom. The van der Waals surface area contributed by atoms with E-state index in [1.54, 1.807) is 23.2 Å². The van der Waals surface area contributed by atoms with Gasteiger partial charge in [0.15, 0.2) is 5.11 Å². The molecule has 0 aromatic heterocycles. The summed E-state index contributed by atoms with van der Waals surface area (Å²) in [6.45, 7) is 18.4. The number of halogens is 3. The molecule has 2 N–H and O–H groups in total. The first kappa shape index (κ1) is 63.6. The highest BCUT2D eigenvalue weighted by Crippen LogP contribution is 2.67. The lowest BCUT2D eigenvalue weighted by Gasteiger charge is -2.36. The minimum atomic E-state index is -4.47. The van der Waals surface area contributed by atoms with Crippen molar-refractivity contribution >= 4 is 67.9 Å². The van der Waals surface area contributed by atoms with E-state index in [4.69, 9.17) is 26.2 Å². The number of benzene rings is 7. The summed E-state index contributed by atoms with van der Waals surface area (Å²) in [5.74, 6) is -1.98. The standard InChI is InChI=1S/C28H28F3N2O3P.C24H27N4OPS.C14H16O2/c1-3-36-27(34)26(20-22-14-16-23(17-15-22)28(29,30)31)21(2)37(35)32(24-10-6-4-7-11-24)18-19-33(37)25-12-8-5-9-13-25;31-24(26-20-21-10-4-1-5-11-21)25-16-19-29-30-27(22-12-6-2-7-13-22)17-18-28(30)23-14-8-3-9-15-23;1-4-13(14(15)16-5-2)10-12-8-6-11(3)7-9-12/h4-17,26H,2-3,18-20H2,1H3;1-15H,16-20H2,(H2,25,26,31);6-9H,1,5,10H2,2-3H3. The van der Waals surface area contributed by atoms with Crippen LogP contribution < -0.4 is 29.3 Å². The molecule has 438 valence electrons. The van der Waals surface area contributed by atoms with E-state index in [1.807, 2.05) is 122 Å². The Kier molecular flexibility index (Phi) is 24.0. The number of para-hydroxylation sites is 4. The summed E-state index contributed by atoms with van der Waals surface area (Å²) >= 11 is 5.41. The maximum atomic E-state index is 15.1. The highest BCUT2D eigenvalue weighted by atomic mass is 32.1. The molecule has 2 heterocycles. The number of alkyl halides is 3. The summed E-state index contributed by atoms with van der Waals surface area (Å²) in [6.07, 6.45) is -3.95. The molecule has 0 spiro atoms. The first-order valence-corrected chi connectivity index (χ1v) is 30.9. The Bertz CT molecular complexity index is 3210. The van der Waals surface area contributed by atoms with Crippen LogP contribution in [0.2, 0.25) is 0 Å². The summed E-state index contributed by atoms with van der Waals surface area (Å²) in [5.41, 5.74) is 10.1. The van der Waals surface area contributed by atoms with E-state index in [2.05, 4.69) is 99.5 Å². The highest BCUT2D eigenvalue weighted by molar-refractivity contribution is 7.80. The van der Waals surface area contributed by atoms with Crippen LogP contribution in [0.25, 0.3) is 0 Å². The monoisotopic (exact) mass is 1190 g/mol. The van der Waals surface area contributed by atoms with E-state index < -0.39 is 39.5 Å². The minimum Gasteiger partial charge on any atom is -0.466 e. The number of nitrogens with one attached hydrogen (secondary N) is 2. The first-order chi connectivity index (χ1) is 40.6. The van der Waals surface area contributed by atoms with Gasteiger partial charge in [-0.3, -0.25) is 9.36 Å². The van der Waals surface area contributed by atoms with Crippen molar-refractivity contribution in [2.45, 2.75) is 46.3 Å². The Morgan fingerprint density at radius 3 is 1.57 bits per heavy atom. The zero-order valence-corrected chi connectivity index (χ0v) is 50.1. The zero-order chi connectivity index (χ0) is 59.9. The normalized spacial score (nSPS) is 13.9. The van der Waals surface area contributed by atoms with Gasteiger partial charge in [0, 0.05) is 73.8 Å². The fourth-order valence-electron chi connectivity index (χ4n) is 9.27. The van der Waals surface area contributed by atoms with E-state index in [9.17, 15) is 22.8 Å². The van der Waals surface area contributed by atoms with Crippen molar-refractivity contribution in [3.8, 4) is 0 Å². The number of carbonyl (C=O) groups excluding carboxylic acids is 2. The molecule has 7 aromatic carbocycles. The predicted molar refractivity (Wildman–Crippen MR) is 338 cm³/mol. The maximum Gasteiger partial charge on any atom is 0.416 e. The smallest absolute Gasteiger partial charge is 0.416 e. The molecule has 1 atom stereocenters. The molecule has 84 heavy (non-hydrogen) atoms. The van der Waals surface area contributed by atoms with Crippen LogP contribution in [0.1, 0.15) is 41.7 Å². The van der Waals surface area contributed by atoms with Gasteiger partial charge in [-0.2, -0.15) is 13.2 Å². The number of anilines is 4. The second-order valence-corrected chi connectivity index (χ2v) is 24.1. The van der Waals surface area contributed by atoms with Crippen LogP contribution in [0.15, 0.2) is 230 Å². The predicted octanol–water partition coefficient (Wildman–Crippen LogP) is 14.9. The molecule has 2 aliphatic rings. The van der Waals surface area contributed by atoms with Crippen molar-refractivity contribution < 1.29 is 41.3 Å². The SMILES string of the molecule is C=C(C(Cc1ccc(C(F)(F)F)cc1)C(=O)OCC)P1(=O)N(c2ccccc2)CCN1c1ccccc1.C=C=C(Cc1ccc(C)cc1)C(=O)OCC.S=C(NCCOP1N(c2ccccc2)CCN1c1ccccc1)NCc1ccccc1. The number of ether oxygens (including phenoxy) is 2.